The van der Waals surface area contributed by atoms with Crippen LogP contribution in [-0.2, 0) is 20.7 Å². The van der Waals surface area contributed by atoms with E-state index < -0.39 is 22.7 Å². The van der Waals surface area contributed by atoms with E-state index >= 15 is 0 Å². The fourth-order valence-electron chi connectivity index (χ4n) is 3.46. The van der Waals surface area contributed by atoms with Crippen LogP contribution in [0.3, 0.4) is 0 Å². The summed E-state index contributed by atoms with van der Waals surface area (Å²) in [5.41, 5.74) is 2.50. The minimum atomic E-state index is -0.878. The van der Waals surface area contributed by atoms with Gasteiger partial charge < -0.3 is 25.4 Å². The van der Waals surface area contributed by atoms with Gasteiger partial charge in [-0.3, -0.25) is 19.7 Å². The summed E-state index contributed by atoms with van der Waals surface area (Å²) < 4.78 is 10.7. The molecule has 0 saturated heterocycles. The van der Waals surface area contributed by atoms with Gasteiger partial charge in [0.25, 0.3) is 5.69 Å². The van der Waals surface area contributed by atoms with Crippen LogP contribution < -0.4 is 20.7 Å². The van der Waals surface area contributed by atoms with E-state index in [0.29, 0.717) is 42.3 Å². The SMILES string of the molecule is CCCCOC(=O)C1CCc2cc(NC(=S)Nc3ccc([N+](=O)[O-])cc3)c(OC)cc2NC1=O. The van der Waals surface area contributed by atoms with E-state index in [1.807, 2.05) is 13.0 Å². The summed E-state index contributed by atoms with van der Waals surface area (Å²) >= 11 is 5.37. The van der Waals surface area contributed by atoms with E-state index in [-0.39, 0.29) is 10.8 Å². The summed E-state index contributed by atoms with van der Waals surface area (Å²) in [5, 5.41) is 19.9. The highest BCUT2D eigenvalue weighted by Crippen LogP contribution is 2.35. The van der Waals surface area contributed by atoms with Crippen molar-refractivity contribution in [2.45, 2.75) is 32.6 Å². The monoisotopic (exact) mass is 486 g/mol. The second kappa shape index (κ2) is 11.4. The number of carbonyl (C=O) groups excluding carboxylic acids is 2. The maximum atomic E-state index is 12.6. The molecule has 0 fully saturated rings. The lowest BCUT2D eigenvalue weighted by atomic mass is 10.00. The molecule has 0 aliphatic carbocycles. The zero-order valence-corrected chi connectivity index (χ0v) is 19.7. The predicted molar refractivity (Wildman–Crippen MR) is 132 cm³/mol. The van der Waals surface area contributed by atoms with Crippen LogP contribution in [-0.4, -0.2) is 35.6 Å². The first-order valence-electron chi connectivity index (χ1n) is 10.8. The largest absolute Gasteiger partial charge is 0.494 e. The summed E-state index contributed by atoms with van der Waals surface area (Å²) in [4.78, 5) is 35.3. The van der Waals surface area contributed by atoms with E-state index in [1.165, 1.54) is 19.2 Å². The summed E-state index contributed by atoms with van der Waals surface area (Å²) in [6.45, 7) is 2.29. The van der Waals surface area contributed by atoms with Gasteiger partial charge in [0, 0.05) is 29.6 Å². The van der Waals surface area contributed by atoms with Crippen LogP contribution >= 0.6 is 12.2 Å². The van der Waals surface area contributed by atoms with Crippen molar-refractivity contribution < 1.29 is 24.0 Å². The number of carbonyl (C=O) groups is 2. The molecule has 0 bridgehead atoms. The third kappa shape index (κ3) is 6.19. The van der Waals surface area contributed by atoms with E-state index in [0.717, 1.165) is 18.4 Å². The number of ether oxygens (including phenoxy) is 2. The third-order valence-corrected chi connectivity index (χ3v) is 5.52. The maximum Gasteiger partial charge on any atom is 0.318 e. The number of nitro groups is 1. The standard InChI is InChI=1S/C23H26N4O6S/c1-3-4-11-33-22(29)17-10-5-14-12-19(20(32-2)13-18(14)25-21(17)28)26-23(34)24-15-6-8-16(9-7-15)27(30)31/h6-9,12-13,17H,3-5,10-11H2,1-2H3,(H,25,28)(H2,24,26,34). The number of non-ortho nitro benzene ring substituents is 1. The molecule has 3 N–H and O–H groups in total. The van der Waals surface area contributed by atoms with E-state index in [2.05, 4.69) is 16.0 Å². The smallest absolute Gasteiger partial charge is 0.318 e. The average Bonchev–Trinajstić information content (AvgIpc) is 2.96. The molecule has 0 spiro atoms. The maximum absolute atomic E-state index is 12.6. The van der Waals surface area contributed by atoms with Crippen molar-refractivity contribution >= 4 is 52.0 Å². The number of anilines is 3. The molecule has 1 unspecified atom stereocenters. The lowest BCUT2D eigenvalue weighted by Gasteiger charge is -2.17. The minimum absolute atomic E-state index is 0.0218. The Bertz CT molecular complexity index is 1090. The van der Waals surface area contributed by atoms with Crippen molar-refractivity contribution in [1.82, 2.24) is 0 Å². The normalized spacial score (nSPS) is 14.8. The topological polar surface area (TPSA) is 132 Å². The Balaban J connectivity index is 1.71. The van der Waals surface area contributed by atoms with Crippen molar-refractivity contribution in [2.75, 3.05) is 29.7 Å². The predicted octanol–water partition coefficient (Wildman–Crippen LogP) is 4.26. The van der Waals surface area contributed by atoms with Crippen molar-refractivity contribution in [1.29, 1.82) is 0 Å². The number of fused-ring (bicyclic) bond motifs is 1. The Kier molecular flexibility index (Phi) is 8.36. The number of benzene rings is 2. The summed E-state index contributed by atoms with van der Waals surface area (Å²) in [6.07, 6.45) is 2.44. The molecule has 0 aromatic heterocycles. The van der Waals surface area contributed by atoms with Gasteiger partial charge in [0.15, 0.2) is 5.11 Å². The van der Waals surface area contributed by atoms with Crippen LogP contribution in [0.4, 0.5) is 22.7 Å². The minimum Gasteiger partial charge on any atom is -0.494 e. The summed E-state index contributed by atoms with van der Waals surface area (Å²) in [5.74, 6) is -1.36. The molecule has 1 amide bonds. The Morgan fingerprint density at radius 3 is 2.65 bits per heavy atom. The zero-order chi connectivity index (χ0) is 24.7. The second-order valence-electron chi connectivity index (χ2n) is 7.69. The molecular formula is C23H26N4O6S. The number of nitro benzene ring substituents is 1. The van der Waals surface area contributed by atoms with Crippen molar-refractivity contribution in [3.8, 4) is 5.75 Å². The zero-order valence-electron chi connectivity index (χ0n) is 18.9. The van der Waals surface area contributed by atoms with Gasteiger partial charge in [-0.1, -0.05) is 13.3 Å². The summed E-state index contributed by atoms with van der Waals surface area (Å²) in [6, 6.07) is 9.34. The molecular weight excluding hydrogens is 460 g/mol. The van der Waals surface area contributed by atoms with Gasteiger partial charge in [-0.25, -0.2) is 0 Å². The lowest BCUT2D eigenvalue weighted by molar-refractivity contribution is -0.384. The number of unbranched alkanes of at least 4 members (excludes halogenated alkanes) is 1. The Morgan fingerprint density at radius 2 is 2.00 bits per heavy atom. The number of thiocarbonyl (C=S) groups is 1. The third-order valence-electron chi connectivity index (χ3n) is 5.31. The van der Waals surface area contributed by atoms with Gasteiger partial charge in [-0.05, 0) is 55.2 Å². The number of rotatable bonds is 8. The summed E-state index contributed by atoms with van der Waals surface area (Å²) in [7, 11) is 1.49. The van der Waals surface area contributed by atoms with Gasteiger partial charge in [0.1, 0.15) is 11.7 Å². The fourth-order valence-corrected chi connectivity index (χ4v) is 3.69. The van der Waals surface area contributed by atoms with Crippen molar-refractivity contribution in [2.24, 2.45) is 5.92 Å². The molecule has 1 heterocycles. The van der Waals surface area contributed by atoms with Gasteiger partial charge >= 0.3 is 5.97 Å². The highest BCUT2D eigenvalue weighted by atomic mass is 32.1. The van der Waals surface area contributed by atoms with E-state index in [9.17, 15) is 19.7 Å². The Hall–Kier alpha value is -3.73. The fraction of sp³-hybridized carbons (Fsp3) is 0.348. The number of amides is 1. The Morgan fingerprint density at radius 1 is 1.26 bits per heavy atom. The molecule has 3 rings (SSSR count). The molecule has 1 aliphatic heterocycles. The molecule has 2 aromatic rings. The molecule has 11 heteroatoms. The quantitative estimate of drug-likeness (QED) is 0.125. The first-order chi connectivity index (χ1) is 16.3. The molecule has 10 nitrogen and oxygen atoms in total. The lowest BCUT2D eigenvalue weighted by Crippen LogP contribution is -2.30. The molecule has 2 aromatic carbocycles. The number of nitrogens with zero attached hydrogens (tertiary/aromatic N) is 1. The first kappa shape index (κ1) is 24.9. The second-order valence-corrected chi connectivity index (χ2v) is 8.10. The van der Waals surface area contributed by atoms with Crippen molar-refractivity contribution in [3.63, 3.8) is 0 Å². The van der Waals surface area contributed by atoms with Crippen LogP contribution in [0, 0.1) is 16.0 Å². The van der Waals surface area contributed by atoms with Crippen LogP contribution in [0.5, 0.6) is 5.75 Å². The number of nitrogens with one attached hydrogen (secondary N) is 3. The van der Waals surface area contributed by atoms with E-state index in [1.54, 1.807) is 18.2 Å². The number of aryl methyl sites for hydroxylation is 1. The van der Waals surface area contributed by atoms with Crippen molar-refractivity contribution in [3.05, 3.63) is 52.1 Å². The van der Waals surface area contributed by atoms with Crippen LogP contribution in [0.15, 0.2) is 36.4 Å². The number of methoxy groups -OCH3 is 1. The molecule has 0 saturated carbocycles. The molecule has 34 heavy (non-hydrogen) atoms. The average molecular weight is 487 g/mol. The molecule has 1 atom stereocenters. The highest BCUT2D eigenvalue weighted by Gasteiger charge is 2.31. The van der Waals surface area contributed by atoms with Crippen LogP contribution in [0.2, 0.25) is 0 Å². The van der Waals surface area contributed by atoms with E-state index in [4.69, 9.17) is 21.7 Å². The molecule has 1 aliphatic rings. The Labute approximate surface area is 202 Å². The molecule has 180 valence electrons. The highest BCUT2D eigenvalue weighted by molar-refractivity contribution is 7.80. The van der Waals surface area contributed by atoms with Crippen LogP contribution in [0.25, 0.3) is 0 Å². The number of hydrogen-bond donors (Lipinski definition) is 3. The van der Waals surface area contributed by atoms with Crippen LogP contribution in [0.1, 0.15) is 31.7 Å². The number of esters is 1. The number of hydrogen-bond acceptors (Lipinski definition) is 7. The molecule has 0 radical (unpaired) electrons. The van der Waals surface area contributed by atoms with Gasteiger partial charge in [-0.2, -0.15) is 0 Å². The first-order valence-corrected chi connectivity index (χ1v) is 11.2. The van der Waals surface area contributed by atoms with Gasteiger partial charge in [0.05, 0.1) is 24.3 Å². The van der Waals surface area contributed by atoms with Gasteiger partial charge in [0.2, 0.25) is 5.91 Å². The van der Waals surface area contributed by atoms with Gasteiger partial charge in [-0.15, -0.1) is 0 Å².